The van der Waals surface area contributed by atoms with E-state index < -0.39 is 17.5 Å². The molecule has 1 nitrogen and oxygen atoms in total. The van der Waals surface area contributed by atoms with Crippen LogP contribution in [0.15, 0.2) is 24.3 Å². The van der Waals surface area contributed by atoms with Crippen LogP contribution in [0, 0.1) is 34.7 Å². The average Bonchev–Trinajstić information content (AvgIpc) is 2.73. The van der Waals surface area contributed by atoms with Gasteiger partial charge in [0.1, 0.15) is 23.5 Å². The molecule has 0 radical (unpaired) electrons. The molecule has 0 amide bonds. The predicted octanol–water partition coefficient (Wildman–Crippen LogP) is 7.23. The number of halogens is 3. The molecule has 2 aromatic carbocycles. The van der Waals surface area contributed by atoms with Crippen molar-refractivity contribution in [1.82, 2.24) is 0 Å². The summed E-state index contributed by atoms with van der Waals surface area (Å²) >= 11 is 0. The summed E-state index contributed by atoms with van der Waals surface area (Å²) in [6, 6.07) is 8.21. The van der Waals surface area contributed by atoms with Gasteiger partial charge in [-0.05, 0) is 85.8 Å². The van der Waals surface area contributed by atoms with Gasteiger partial charge in [-0.3, -0.25) is 0 Å². The standard InChI is InChI=1S/C26H30F3N/c1-2-3-4-5-6-7-19-15-24(27)23(25(28)16-19)13-9-18-8-12-22-20(14-18)10-11-21(17-30)26(22)29/h10-11,15-16,18H,2-9,12-14H2,1H3. The number of hydrogen-bond acceptors (Lipinski definition) is 1. The molecule has 0 fully saturated rings. The van der Waals surface area contributed by atoms with Crippen LogP contribution in [0.3, 0.4) is 0 Å². The number of unbranched alkanes of at least 4 members (excludes halogenated alkanes) is 4. The Morgan fingerprint density at radius 2 is 1.73 bits per heavy atom. The largest absolute Gasteiger partial charge is 0.207 e. The highest BCUT2D eigenvalue weighted by Crippen LogP contribution is 2.32. The quantitative estimate of drug-likeness (QED) is 0.398. The third kappa shape index (κ3) is 5.45. The minimum atomic E-state index is -0.445. The fraction of sp³-hybridized carbons (Fsp3) is 0.500. The molecule has 0 heterocycles. The van der Waals surface area contributed by atoms with Gasteiger partial charge in [-0.2, -0.15) is 5.26 Å². The summed E-state index contributed by atoms with van der Waals surface area (Å²) in [4.78, 5) is 0. The highest BCUT2D eigenvalue weighted by molar-refractivity contribution is 5.41. The first-order valence-electron chi connectivity index (χ1n) is 11.2. The lowest BCUT2D eigenvalue weighted by molar-refractivity contribution is 0.411. The van der Waals surface area contributed by atoms with Crippen LogP contribution < -0.4 is 0 Å². The van der Waals surface area contributed by atoms with E-state index in [-0.39, 0.29) is 17.0 Å². The zero-order valence-corrected chi connectivity index (χ0v) is 17.7. The summed E-state index contributed by atoms with van der Waals surface area (Å²) in [7, 11) is 0. The van der Waals surface area contributed by atoms with Crippen molar-refractivity contribution in [1.29, 1.82) is 5.26 Å². The van der Waals surface area contributed by atoms with Crippen LogP contribution >= 0.6 is 0 Å². The van der Waals surface area contributed by atoms with Gasteiger partial charge in [0.05, 0.1) is 5.56 Å². The van der Waals surface area contributed by atoms with E-state index >= 15 is 0 Å². The molecule has 0 N–H and O–H groups in total. The van der Waals surface area contributed by atoms with Crippen LogP contribution in [0.5, 0.6) is 0 Å². The van der Waals surface area contributed by atoms with Crippen molar-refractivity contribution in [2.75, 3.05) is 0 Å². The van der Waals surface area contributed by atoms with E-state index in [4.69, 9.17) is 5.26 Å². The number of rotatable bonds is 9. The van der Waals surface area contributed by atoms with Crippen LogP contribution in [0.25, 0.3) is 0 Å². The molecule has 0 saturated carbocycles. The number of aryl methyl sites for hydroxylation is 1. The van der Waals surface area contributed by atoms with E-state index in [1.54, 1.807) is 0 Å². The van der Waals surface area contributed by atoms with Crippen molar-refractivity contribution in [3.63, 3.8) is 0 Å². The fourth-order valence-corrected chi connectivity index (χ4v) is 4.54. The maximum absolute atomic E-state index is 14.6. The van der Waals surface area contributed by atoms with Crippen LogP contribution in [0.1, 0.15) is 79.7 Å². The summed E-state index contributed by atoms with van der Waals surface area (Å²) in [5.41, 5.74) is 2.54. The monoisotopic (exact) mass is 413 g/mol. The highest BCUT2D eigenvalue weighted by atomic mass is 19.1. The van der Waals surface area contributed by atoms with Crippen molar-refractivity contribution in [2.45, 2.75) is 77.6 Å². The predicted molar refractivity (Wildman–Crippen MR) is 114 cm³/mol. The lowest BCUT2D eigenvalue weighted by atomic mass is 9.80. The van der Waals surface area contributed by atoms with E-state index in [1.807, 2.05) is 12.1 Å². The van der Waals surface area contributed by atoms with E-state index in [0.29, 0.717) is 37.7 Å². The molecule has 1 aliphatic carbocycles. The van der Waals surface area contributed by atoms with Crippen molar-refractivity contribution in [3.8, 4) is 6.07 Å². The zero-order chi connectivity index (χ0) is 21.5. The molecule has 4 heteroatoms. The van der Waals surface area contributed by atoms with Crippen LogP contribution in [-0.2, 0) is 25.7 Å². The number of fused-ring (bicyclic) bond motifs is 1. The Kier molecular flexibility index (Phi) is 7.96. The van der Waals surface area contributed by atoms with Gasteiger partial charge >= 0.3 is 0 Å². The van der Waals surface area contributed by atoms with E-state index in [9.17, 15) is 13.2 Å². The van der Waals surface area contributed by atoms with E-state index in [2.05, 4.69) is 6.92 Å². The lowest BCUT2D eigenvalue weighted by Crippen LogP contribution is -2.17. The van der Waals surface area contributed by atoms with Crippen molar-refractivity contribution >= 4 is 0 Å². The average molecular weight is 414 g/mol. The van der Waals surface area contributed by atoms with Gasteiger partial charge in [0.25, 0.3) is 0 Å². The van der Waals surface area contributed by atoms with Crippen LogP contribution in [0.2, 0.25) is 0 Å². The fourth-order valence-electron chi connectivity index (χ4n) is 4.54. The minimum absolute atomic E-state index is 0.0850. The number of nitriles is 1. The second-order valence-electron chi connectivity index (χ2n) is 8.53. The van der Waals surface area contributed by atoms with Crippen molar-refractivity contribution in [2.24, 2.45) is 5.92 Å². The Hall–Kier alpha value is -2.28. The van der Waals surface area contributed by atoms with Gasteiger partial charge in [-0.25, -0.2) is 13.2 Å². The Morgan fingerprint density at radius 3 is 2.43 bits per heavy atom. The van der Waals surface area contributed by atoms with E-state index in [0.717, 1.165) is 30.4 Å². The molecule has 1 atom stereocenters. The molecule has 0 aromatic heterocycles. The second-order valence-corrected chi connectivity index (χ2v) is 8.53. The highest BCUT2D eigenvalue weighted by Gasteiger charge is 2.23. The molecular weight excluding hydrogens is 383 g/mol. The molecule has 0 saturated heterocycles. The van der Waals surface area contributed by atoms with Crippen molar-refractivity contribution < 1.29 is 13.2 Å². The normalized spacial score (nSPS) is 15.6. The third-order valence-corrected chi connectivity index (χ3v) is 6.34. The summed E-state index contributed by atoms with van der Waals surface area (Å²) in [6.45, 7) is 2.17. The number of nitrogens with zero attached hydrogens (tertiary/aromatic N) is 1. The van der Waals surface area contributed by atoms with E-state index in [1.165, 1.54) is 37.5 Å². The first-order valence-corrected chi connectivity index (χ1v) is 11.2. The molecule has 0 bridgehead atoms. The molecule has 1 aliphatic rings. The molecule has 0 aliphatic heterocycles. The SMILES string of the molecule is CCCCCCCc1cc(F)c(CCC2CCc3c(ccc(C#N)c3F)C2)c(F)c1. The molecule has 2 aromatic rings. The summed E-state index contributed by atoms with van der Waals surface area (Å²) in [6.07, 6.45) is 9.40. The van der Waals surface area contributed by atoms with Crippen LogP contribution in [0.4, 0.5) is 13.2 Å². The Balaban J connectivity index is 1.57. The summed E-state index contributed by atoms with van der Waals surface area (Å²) < 4.78 is 43.4. The van der Waals surface area contributed by atoms with Crippen LogP contribution in [-0.4, -0.2) is 0 Å². The van der Waals surface area contributed by atoms with Gasteiger partial charge in [0, 0.05) is 5.56 Å². The molecular formula is C26H30F3N. The van der Waals surface area contributed by atoms with Crippen molar-refractivity contribution in [3.05, 3.63) is 69.5 Å². The smallest absolute Gasteiger partial charge is 0.144 e. The summed E-state index contributed by atoms with van der Waals surface area (Å²) in [5, 5.41) is 8.97. The Bertz CT molecular complexity index is 890. The second kappa shape index (κ2) is 10.7. The van der Waals surface area contributed by atoms with Gasteiger partial charge < -0.3 is 0 Å². The maximum Gasteiger partial charge on any atom is 0.144 e. The number of benzene rings is 2. The van der Waals surface area contributed by atoms with Gasteiger partial charge in [-0.15, -0.1) is 0 Å². The lowest BCUT2D eigenvalue weighted by Gasteiger charge is -2.25. The molecule has 1 unspecified atom stereocenters. The molecule has 3 rings (SSSR count). The number of hydrogen-bond donors (Lipinski definition) is 0. The molecule has 160 valence electrons. The first-order chi connectivity index (χ1) is 14.5. The first kappa shape index (κ1) is 22.4. The topological polar surface area (TPSA) is 23.8 Å². The Morgan fingerprint density at radius 1 is 1.00 bits per heavy atom. The van der Waals surface area contributed by atoms with Gasteiger partial charge in [0.2, 0.25) is 0 Å². The minimum Gasteiger partial charge on any atom is -0.207 e. The zero-order valence-electron chi connectivity index (χ0n) is 17.7. The molecule has 0 spiro atoms. The Labute approximate surface area is 177 Å². The van der Waals surface area contributed by atoms with Gasteiger partial charge in [-0.1, -0.05) is 38.7 Å². The van der Waals surface area contributed by atoms with Gasteiger partial charge in [0.15, 0.2) is 0 Å². The molecule has 30 heavy (non-hydrogen) atoms. The summed E-state index contributed by atoms with van der Waals surface area (Å²) in [5.74, 6) is -1.03. The third-order valence-electron chi connectivity index (χ3n) is 6.34. The maximum atomic E-state index is 14.6.